The molecule has 0 aromatic carbocycles. The van der Waals surface area contributed by atoms with E-state index in [1.807, 2.05) is 76.3 Å². The molecule has 0 aliphatic heterocycles. The topological polar surface area (TPSA) is 295 Å². The van der Waals surface area contributed by atoms with Crippen LogP contribution in [0.1, 0.15) is 40.5 Å². The predicted octanol–water partition coefficient (Wildman–Crippen LogP) is -3.27. The van der Waals surface area contributed by atoms with E-state index in [-0.39, 0.29) is 74.3 Å². The molecule has 0 saturated carbocycles. The fourth-order valence-corrected chi connectivity index (χ4v) is 4.77. The summed E-state index contributed by atoms with van der Waals surface area (Å²) in [7, 11) is -9.39. The van der Waals surface area contributed by atoms with Crippen LogP contribution < -0.4 is 49.2 Å². The van der Waals surface area contributed by atoms with Gasteiger partial charge in [0.05, 0.1) is 29.8 Å². The van der Waals surface area contributed by atoms with Crippen molar-refractivity contribution >= 4 is 23.1 Å². The third-order valence-corrected chi connectivity index (χ3v) is 7.43. The minimum absolute atomic E-state index is 0. The molecule has 0 amide bonds. The van der Waals surface area contributed by atoms with Gasteiger partial charge in [-0.3, -0.25) is 19.2 Å². The molecule has 3 radical (unpaired) electrons. The second-order valence-corrected chi connectivity index (χ2v) is 13.3. The van der Waals surface area contributed by atoms with Gasteiger partial charge in [0.25, 0.3) is 0 Å². The van der Waals surface area contributed by atoms with Crippen molar-refractivity contribution in [1.29, 1.82) is 0 Å². The maximum Gasteiger partial charge on any atom is 0.187 e. The van der Waals surface area contributed by atoms with Gasteiger partial charge >= 0.3 is 0 Å². The van der Waals surface area contributed by atoms with E-state index in [0.717, 1.165) is 61.8 Å². The van der Waals surface area contributed by atoms with E-state index in [1.54, 1.807) is 48.6 Å². The van der Waals surface area contributed by atoms with Crippen LogP contribution in [0.25, 0.3) is 0 Å². The van der Waals surface area contributed by atoms with Crippen LogP contribution in [0.5, 0.6) is 0 Å². The van der Waals surface area contributed by atoms with Gasteiger partial charge in [-0.25, -0.2) is 0 Å². The number of carbonyl (C=O) groups excluding carboxylic acids is 4. The second kappa shape index (κ2) is 31.5. The second-order valence-electron chi connectivity index (χ2n) is 11.7. The maximum absolute atomic E-state index is 11.7. The van der Waals surface area contributed by atoms with Gasteiger partial charge in [0.2, 0.25) is 0 Å². The van der Waals surface area contributed by atoms with Gasteiger partial charge in [-0.15, -0.1) is 0 Å². The number of ketones is 4. The van der Waals surface area contributed by atoms with E-state index in [9.17, 15) is 19.2 Å². The molecule has 21 heteroatoms. The minimum Gasteiger partial charge on any atom is -0.388 e. The molecule has 0 bridgehead atoms. The molecule has 0 spiro atoms. The van der Waals surface area contributed by atoms with Gasteiger partial charge in [0, 0.05) is 122 Å². The standard InChI is InChI=1S/2C19H22N2O2.2ClHO4.3Cu/c2*1-14(16-8-3-5-10-18(16)22)20-12-7-13-21-15(2)17-9-4-6-11-19(17)23;2*2-1(3,4)5;;;/h2*3-6,8-11,20-21H,7,12-13H2,1-2H3;2*(H,2,3,4,5);;;. The zero-order chi connectivity index (χ0) is 42.3. The molecule has 0 aromatic rings. The Morgan fingerprint density at radius 3 is 0.712 bits per heavy atom. The van der Waals surface area contributed by atoms with Crippen molar-refractivity contribution in [3.63, 3.8) is 0 Å². The molecule has 4 aliphatic carbocycles. The van der Waals surface area contributed by atoms with Crippen LogP contribution in [0.3, 0.4) is 0 Å². The Kier molecular flexibility index (Phi) is 31.9. The number of nitrogens with one attached hydrogen (secondary N) is 4. The first-order valence-corrected chi connectivity index (χ1v) is 19.3. The molecule has 4 rings (SSSR count). The number of halogens is 2. The summed E-state index contributed by atoms with van der Waals surface area (Å²) in [6.45, 7) is 10.7. The van der Waals surface area contributed by atoms with E-state index < -0.39 is 20.5 Å². The number of rotatable bonds is 12. The molecule has 4 aliphatic rings. The van der Waals surface area contributed by atoms with Gasteiger partial charge in [-0.1, -0.05) is 48.6 Å². The van der Waals surface area contributed by atoms with E-state index in [4.69, 9.17) is 37.3 Å². The summed E-state index contributed by atoms with van der Waals surface area (Å²) in [5.74, 6) is 0.137. The Morgan fingerprint density at radius 1 is 0.407 bits per heavy atom. The van der Waals surface area contributed by atoms with Crippen LogP contribution in [0.15, 0.2) is 142 Å². The molecule has 337 valence electrons. The minimum atomic E-state index is -4.69. The summed E-state index contributed by atoms with van der Waals surface area (Å²) in [6, 6.07) is 0. The molecule has 16 nitrogen and oxygen atoms in total. The Morgan fingerprint density at radius 2 is 0.559 bits per heavy atom. The van der Waals surface area contributed by atoms with E-state index in [1.165, 1.54) is 0 Å². The molecule has 0 heterocycles. The Bertz CT molecular complexity index is 1560. The van der Waals surface area contributed by atoms with Gasteiger partial charge < -0.3 is 21.3 Å². The first kappa shape index (κ1) is 59.9. The number of hydrogen-bond acceptors (Lipinski definition) is 16. The van der Waals surface area contributed by atoms with Gasteiger partial charge in [0.15, 0.2) is 23.1 Å². The van der Waals surface area contributed by atoms with E-state index >= 15 is 0 Å². The fraction of sp³-hybridized carbons (Fsp3) is 0.263. The molecule has 59 heavy (non-hydrogen) atoms. The molecule has 0 unspecified atom stereocenters. The number of hydrogen-bond donors (Lipinski definition) is 6. The first-order chi connectivity index (χ1) is 26.2. The third kappa shape index (κ3) is 28.6. The first-order valence-electron chi connectivity index (χ1n) is 16.8. The normalized spacial score (nSPS) is 18.2. The molecule has 0 aromatic heterocycles. The molecule has 0 fully saturated rings. The average Bonchev–Trinajstić information content (AvgIpc) is 3.10. The van der Waals surface area contributed by atoms with Crippen molar-refractivity contribution in [3.8, 4) is 0 Å². The van der Waals surface area contributed by atoms with Crippen molar-refractivity contribution in [2.45, 2.75) is 40.5 Å². The summed E-state index contributed by atoms with van der Waals surface area (Å²) >= 11 is 0. The summed E-state index contributed by atoms with van der Waals surface area (Å²) < 4.78 is 65.4. The zero-order valence-electron chi connectivity index (χ0n) is 32.1. The van der Waals surface area contributed by atoms with Crippen LogP contribution in [-0.2, 0) is 70.4 Å². The molecular formula is C38H46Cl2Cu3N4O12. The number of allylic oxidation sites excluding steroid dienone is 24. The van der Waals surface area contributed by atoms with Crippen molar-refractivity contribution in [2.24, 2.45) is 0 Å². The van der Waals surface area contributed by atoms with Gasteiger partial charge in [0.1, 0.15) is 0 Å². The smallest absolute Gasteiger partial charge is 0.187 e. The Balaban J connectivity index is -0.000000830. The summed E-state index contributed by atoms with van der Waals surface area (Å²) in [5.41, 5.74) is 6.41. The van der Waals surface area contributed by atoms with Crippen LogP contribution in [0.2, 0.25) is 0 Å². The van der Waals surface area contributed by atoms with Gasteiger partial charge in [-0.05, 0) is 89.1 Å². The van der Waals surface area contributed by atoms with E-state index in [0.29, 0.717) is 22.3 Å². The Hall–Kier alpha value is -3.42. The Labute approximate surface area is 379 Å². The number of carbonyl (C=O) groups is 4. The predicted molar refractivity (Wildman–Crippen MR) is 190 cm³/mol. The van der Waals surface area contributed by atoms with Crippen molar-refractivity contribution in [2.75, 3.05) is 26.2 Å². The van der Waals surface area contributed by atoms with Crippen LogP contribution >= 0.6 is 0 Å². The largest absolute Gasteiger partial charge is 0.388 e. The van der Waals surface area contributed by atoms with Crippen molar-refractivity contribution in [1.82, 2.24) is 21.3 Å². The summed E-state index contributed by atoms with van der Waals surface area (Å²) in [4.78, 5) is 46.9. The quantitative estimate of drug-likeness (QED) is 0.0635. The van der Waals surface area contributed by atoms with Crippen LogP contribution in [0.4, 0.5) is 0 Å². The maximum atomic E-state index is 11.7. The molecule has 6 N–H and O–H groups in total. The van der Waals surface area contributed by atoms with Crippen LogP contribution in [0, 0.1) is 20.5 Å². The van der Waals surface area contributed by atoms with Crippen LogP contribution in [-0.4, -0.2) is 58.6 Å². The van der Waals surface area contributed by atoms with Gasteiger partial charge in [-0.2, -0.15) is 28.0 Å². The van der Waals surface area contributed by atoms with Crippen molar-refractivity contribution in [3.05, 3.63) is 142 Å². The molecule has 0 atom stereocenters. The van der Waals surface area contributed by atoms with E-state index in [2.05, 4.69) is 21.3 Å². The SMILES string of the molecule is CC(NCCCNC(C)=C1C=CC=CC1=O)=C1C=CC=CC1=O.CC(NCCCNC(C)=C1C=CC=CC1=O)=C1C=CC=CC1=O.[Cu].[Cu].[Cu].[O-][Cl+3]([O-])([O-])O.[O-][Cl+3]([O-])([O-])O. The molecular weight excluding hydrogens is 966 g/mol. The summed E-state index contributed by atoms with van der Waals surface area (Å²) in [6.07, 6.45) is 29.8. The summed E-state index contributed by atoms with van der Waals surface area (Å²) in [5, 5.41) is 13.1. The fourth-order valence-electron chi connectivity index (χ4n) is 4.77. The third-order valence-electron chi connectivity index (χ3n) is 7.43. The monoisotopic (exact) mass is 1010 g/mol. The van der Waals surface area contributed by atoms with Crippen molar-refractivity contribution < 1.29 is 128 Å². The molecule has 0 saturated heterocycles. The average molecular weight is 1010 g/mol. The zero-order valence-corrected chi connectivity index (χ0v) is 36.5.